The van der Waals surface area contributed by atoms with Crippen LogP contribution < -0.4 is 5.73 Å². The predicted molar refractivity (Wildman–Crippen MR) is 127 cm³/mol. The molecule has 170 valence electrons. The SMILES string of the molecule is CCCCCCCCCCCCCCCCCCCC(N)=O.CCCN(C)C. The number of rotatable bonds is 20. The normalized spacial score (nSPS) is 10.8. The van der Waals surface area contributed by atoms with E-state index in [9.17, 15) is 4.79 Å². The maximum atomic E-state index is 10.6. The van der Waals surface area contributed by atoms with Crippen LogP contribution in [-0.4, -0.2) is 31.4 Å². The van der Waals surface area contributed by atoms with Crippen molar-refractivity contribution in [1.82, 2.24) is 4.90 Å². The van der Waals surface area contributed by atoms with E-state index >= 15 is 0 Å². The molecule has 0 heterocycles. The van der Waals surface area contributed by atoms with Gasteiger partial charge >= 0.3 is 0 Å². The van der Waals surface area contributed by atoms with Gasteiger partial charge in [0.1, 0.15) is 0 Å². The van der Waals surface area contributed by atoms with Gasteiger partial charge in [0, 0.05) is 6.42 Å². The summed E-state index contributed by atoms with van der Waals surface area (Å²) in [4.78, 5) is 12.8. The minimum absolute atomic E-state index is 0.152. The molecule has 28 heavy (non-hydrogen) atoms. The molecule has 0 saturated heterocycles. The lowest BCUT2D eigenvalue weighted by atomic mass is 10.0. The molecular formula is C25H54N2O. The Morgan fingerprint density at radius 2 is 0.893 bits per heavy atom. The molecule has 3 heteroatoms. The van der Waals surface area contributed by atoms with Crippen LogP contribution in [-0.2, 0) is 4.79 Å². The van der Waals surface area contributed by atoms with Gasteiger partial charge in [-0.1, -0.05) is 117 Å². The summed E-state index contributed by atoms with van der Waals surface area (Å²) in [5.41, 5.74) is 5.12. The van der Waals surface area contributed by atoms with E-state index in [4.69, 9.17) is 5.73 Å². The Labute approximate surface area is 178 Å². The predicted octanol–water partition coefficient (Wildman–Crippen LogP) is 7.47. The van der Waals surface area contributed by atoms with Gasteiger partial charge < -0.3 is 10.6 Å². The van der Waals surface area contributed by atoms with Crippen LogP contribution >= 0.6 is 0 Å². The van der Waals surface area contributed by atoms with E-state index in [-0.39, 0.29) is 5.91 Å². The smallest absolute Gasteiger partial charge is 0.217 e. The highest BCUT2D eigenvalue weighted by atomic mass is 16.1. The summed E-state index contributed by atoms with van der Waals surface area (Å²) in [6.45, 7) is 5.67. The quantitative estimate of drug-likeness (QED) is 0.216. The molecule has 0 unspecified atom stereocenters. The zero-order chi connectivity index (χ0) is 21.3. The largest absolute Gasteiger partial charge is 0.370 e. The van der Waals surface area contributed by atoms with E-state index in [1.165, 1.54) is 116 Å². The van der Waals surface area contributed by atoms with Gasteiger partial charge in [-0.05, 0) is 33.5 Å². The third-order valence-electron chi connectivity index (χ3n) is 5.20. The van der Waals surface area contributed by atoms with Gasteiger partial charge in [0.2, 0.25) is 5.91 Å². The molecule has 0 aliphatic heterocycles. The standard InChI is InChI=1S/C20H41NO.C5H13N/c1-2-3-4-5-6-7-8-9-10-11-12-13-14-15-16-17-18-19-20(21)22;1-4-5-6(2)3/h2-19H2,1H3,(H2,21,22);4-5H2,1-3H3. The van der Waals surface area contributed by atoms with Crippen molar-refractivity contribution in [3.63, 3.8) is 0 Å². The van der Waals surface area contributed by atoms with Gasteiger partial charge in [0.05, 0.1) is 0 Å². The van der Waals surface area contributed by atoms with Crippen LogP contribution in [0.4, 0.5) is 0 Å². The van der Waals surface area contributed by atoms with Crippen LogP contribution in [0.1, 0.15) is 136 Å². The second-order valence-corrected chi connectivity index (χ2v) is 8.68. The fourth-order valence-electron chi connectivity index (χ4n) is 3.47. The van der Waals surface area contributed by atoms with E-state index < -0.39 is 0 Å². The number of amides is 1. The first kappa shape index (κ1) is 29.6. The Bertz CT molecular complexity index is 292. The summed E-state index contributed by atoms with van der Waals surface area (Å²) in [6, 6.07) is 0. The average Bonchev–Trinajstić information content (AvgIpc) is 2.64. The zero-order valence-electron chi connectivity index (χ0n) is 20.1. The van der Waals surface area contributed by atoms with Crippen LogP contribution in [0.3, 0.4) is 0 Å². The Balaban J connectivity index is 0. The first-order valence-corrected chi connectivity index (χ1v) is 12.5. The molecule has 0 aromatic carbocycles. The Morgan fingerprint density at radius 3 is 1.11 bits per heavy atom. The van der Waals surface area contributed by atoms with Gasteiger partial charge in [-0.25, -0.2) is 0 Å². The van der Waals surface area contributed by atoms with Crippen molar-refractivity contribution >= 4 is 5.91 Å². The van der Waals surface area contributed by atoms with E-state index in [2.05, 4.69) is 32.8 Å². The Kier molecular flexibility index (Phi) is 28.0. The maximum absolute atomic E-state index is 10.6. The van der Waals surface area contributed by atoms with Crippen molar-refractivity contribution in [2.75, 3.05) is 20.6 Å². The fourth-order valence-corrected chi connectivity index (χ4v) is 3.47. The molecule has 0 radical (unpaired) electrons. The van der Waals surface area contributed by atoms with Gasteiger partial charge in [-0.15, -0.1) is 0 Å². The summed E-state index contributed by atoms with van der Waals surface area (Å²) < 4.78 is 0. The zero-order valence-corrected chi connectivity index (χ0v) is 20.1. The summed E-state index contributed by atoms with van der Waals surface area (Å²) in [6.07, 6.45) is 25.1. The number of nitrogens with zero attached hydrogens (tertiary/aromatic N) is 1. The van der Waals surface area contributed by atoms with Crippen molar-refractivity contribution < 1.29 is 4.79 Å². The summed E-state index contributed by atoms with van der Waals surface area (Å²) in [7, 11) is 4.17. The molecule has 0 atom stereocenters. The van der Waals surface area contributed by atoms with E-state index in [1.54, 1.807) is 0 Å². The van der Waals surface area contributed by atoms with Crippen LogP contribution in [0.5, 0.6) is 0 Å². The molecule has 0 rings (SSSR count). The van der Waals surface area contributed by atoms with Crippen LogP contribution in [0, 0.1) is 0 Å². The van der Waals surface area contributed by atoms with Gasteiger partial charge in [-0.2, -0.15) is 0 Å². The minimum Gasteiger partial charge on any atom is -0.370 e. The second kappa shape index (κ2) is 26.4. The number of carbonyl (C=O) groups excluding carboxylic acids is 1. The number of unbranched alkanes of at least 4 members (excludes halogenated alkanes) is 16. The summed E-state index contributed by atoms with van der Waals surface area (Å²) in [5, 5.41) is 0. The Hall–Kier alpha value is -0.570. The second-order valence-electron chi connectivity index (χ2n) is 8.68. The van der Waals surface area contributed by atoms with E-state index in [0.29, 0.717) is 6.42 Å². The molecule has 0 aliphatic carbocycles. The first-order valence-electron chi connectivity index (χ1n) is 12.5. The van der Waals surface area contributed by atoms with Crippen molar-refractivity contribution in [2.24, 2.45) is 5.73 Å². The van der Waals surface area contributed by atoms with Gasteiger partial charge in [0.25, 0.3) is 0 Å². The molecule has 0 aliphatic rings. The van der Waals surface area contributed by atoms with E-state index in [1.807, 2.05) is 0 Å². The number of nitrogens with two attached hydrogens (primary N) is 1. The molecule has 3 nitrogen and oxygen atoms in total. The molecule has 0 spiro atoms. The molecule has 0 saturated carbocycles. The third kappa shape index (κ3) is 33.0. The molecular weight excluding hydrogens is 344 g/mol. The topological polar surface area (TPSA) is 46.3 Å². The number of hydrogen-bond acceptors (Lipinski definition) is 2. The molecule has 1 amide bonds. The number of primary amides is 1. The van der Waals surface area contributed by atoms with Crippen LogP contribution in [0.15, 0.2) is 0 Å². The summed E-state index contributed by atoms with van der Waals surface area (Å²) >= 11 is 0. The van der Waals surface area contributed by atoms with Gasteiger partial charge in [-0.3, -0.25) is 4.79 Å². The van der Waals surface area contributed by atoms with Crippen molar-refractivity contribution in [3.8, 4) is 0 Å². The molecule has 0 fully saturated rings. The lowest BCUT2D eigenvalue weighted by Gasteiger charge is -2.03. The highest BCUT2D eigenvalue weighted by Crippen LogP contribution is 2.14. The van der Waals surface area contributed by atoms with Crippen LogP contribution in [0.2, 0.25) is 0 Å². The molecule has 0 aromatic rings. The lowest BCUT2D eigenvalue weighted by molar-refractivity contribution is -0.118. The fraction of sp³-hybridized carbons (Fsp3) is 0.960. The average molecular weight is 399 g/mol. The highest BCUT2D eigenvalue weighted by Gasteiger charge is 1.96. The highest BCUT2D eigenvalue weighted by molar-refractivity contribution is 5.73. The number of hydrogen-bond donors (Lipinski definition) is 1. The lowest BCUT2D eigenvalue weighted by Crippen LogP contribution is -2.11. The van der Waals surface area contributed by atoms with Crippen molar-refractivity contribution in [1.29, 1.82) is 0 Å². The minimum atomic E-state index is -0.152. The number of carbonyl (C=O) groups is 1. The third-order valence-corrected chi connectivity index (χ3v) is 5.20. The molecule has 2 N–H and O–H groups in total. The monoisotopic (exact) mass is 398 g/mol. The van der Waals surface area contributed by atoms with Gasteiger partial charge in [0.15, 0.2) is 0 Å². The van der Waals surface area contributed by atoms with E-state index in [0.717, 1.165) is 6.42 Å². The van der Waals surface area contributed by atoms with Crippen molar-refractivity contribution in [2.45, 2.75) is 136 Å². The molecule has 0 bridgehead atoms. The molecule has 0 aromatic heterocycles. The Morgan fingerprint density at radius 1 is 0.571 bits per heavy atom. The van der Waals surface area contributed by atoms with Crippen molar-refractivity contribution in [3.05, 3.63) is 0 Å². The van der Waals surface area contributed by atoms with Crippen LogP contribution in [0.25, 0.3) is 0 Å². The summed E-state index contributed by atoms with van der Waals surface area (Å²) in [5.74, 6) is -0.152. The maximum Gasteiger partial charge on any atom is 0.217 e. The first-order chi connectivity index (χ1) is 13.5.